The maximum Gasteiger partial charge on any atom is 0.262 e. The second-order valence-electron chi connectivity index (χ2n) is 5.29. The number of carbonyl (C=O) groups is 2. The van der Waals surface area contributed by atoms with Gasteiger partial charge in [-0.1, -0.05) is 48.6 Å². The molecule has 3 nitrogen and oxygen atoms in total. The van der Waals surface area contributed by atoms with Crippen LogP contribution < -0.4 is 4.90 Å². The molecule has 3 aliphatic rings. The van der Waals surface area contributed by atoms with Gasteiger partial charge >= 0.3 is 0 Å². The van der Waals surface area contributed by atoms with E-state index in [0.717, 1.165) is 12.0 Å². The molecule has 0 radical (unpaired) electrons. The third-order valence-electron chi connectivity index (χ3n) is 4.13. The van der Waals surface area contributed by atoms with Crippen molar-refractivity contribution in [3.8, 4) is 0 Å². The molecule has 1 unspecified atom stereocenters. The molecule has 1 aromatic carbocycles. The number of hydrogen-bond donors (Lipinski definition) is 0. The lowest BCUT2D eigenvalue weighted by molar-refractivity contribution is -0.124. The van der Waals surface area contributed by atoms with Crippen molar-refractivity contribution in [2.45, 2.75) is 6.42 Å². The summed E-state index contributed by atoms with van der Waals surface area (Å²) in [6, 6.07) is 9.11. The molecule has 1 saturated heterocycles. The number of nitrogens with zero attached hydrogens (tertiary/aromatic N) is 1. The van der Waals surface area contributed by atoms with E-state index in [0.29, 0.717) is 16.8 Å². The molecule has 0 aromatic heterocycles. The molecular weight excluding hydrogens is 262 g/mol. The van der Waals surface area contributed by atoms with Crippen LogP contribution in [0.3, 0.4) is 0 Å². The van der Waals surface area contributed by atoms with Crippen LogP contribution in [0.15, 0.2) is 77.4 Å². The lowest BCUT2D eigenvalue weighted by Gasteiger charge is -2.37. The van der Waals surface area contributed by atoms with Gasteiger partial charge in [0.2, 0.25) is 0 Å². The highest BCUT2D eigenvalue weighted by Crippen LogP contribution is 2.41. The van der Waals surface area contributed by atoms with Crippen LogP contribution >= 0.6 is 0 Å². The van der Waals surface area contributed by atoms with Crippen LogP contribution in [-0.2, 0) is 9.59 Å². The van der Waals surface area contributed by atoms with Gasteiger partial charge in [-0.05, 0) is 24.1 Å². The van der Waals surface area contributed by atoms with Crippen molar-refractivity contribution in [1.29, 1.82) is 0 Å². The fraction of sp³-hybridized carbons (Fsp3) is 0.111. The van der Waals surface area contributed by atoms with Gasteiger partial charge in [0.15, 0.2) is 0 Å². The molecule has 1 fully saturated rings. The Morgan fingerprint density at radius 2 is 1.71 bits per heavy atom. The van der Waals surface area contributed by atoms with Crippen molar-refractivity contribution in [2.75, 3.05) is 4.90 Å². The fourth-order valence-corrected chi connectivity index (χ4v) is 3.18. The Kier molecular flexibility index (Phi) is 2.54. The smallest absolute Gasteiger partial charge is 0.262 e. The summed E-state index contributed by atoms with van der Waals surface area (Å²) in [4.78, 5) is 26.8. The number of rotatable bonds is 1. The second-order valence-corrected chi connectivity index (χ2v) is 5.29. The Morgan fingerprint density at radius 3 is 2.52 bits per heavy atom. The Bertz CT molecular complexity index is 766. The van der Waals surface area contributed by atoms with Gasteiger partial charge in [-0.15, -0.1) is 0 Å². The van der Waals surface area contributed by atoms with Crippen molar-refractivity contribution in [3.05, 3.63) is 77.4 Å². The number of hydrogen-bond acceptors (Lipinski definition) is 2. The van der Waals surface area contributed by atoms with Crippen LogP contribution in [0.25, 0.3) is 0 Å². The summed E-state index contributed by atoms with van der Waals surface area (Å²) in [6.07, 6.45) is 10.5. The maximum absolute atomic E-state index is 12.8. The lowest BCUT2D eigenvalue weighted by atomic mass is 9.74. The minimum atomic E-state index is -0.217. The molecule has 4 rings (SSSR count). The fourth-order valence-electron chi connectivity index (χ4n) is 3.18. The molecule has 3 heteroatoms. The molecule has 0 N–H and O–H groups in total. The van der Waals surface area contributed by atoms with E-state index in [2.05, 4.69) is 6.08 Å². The van der Waals surface area contributed by atoms with Crippen LogP contribution in [0, 0.1) is 5.92 Å². The number of carbonyl (C=O) groups excluding carboxylic acids is 2. The minimum Gasteiger partial charge on any atom is -0.269 e. The highest BCUT2D eigenvalue weighted by Gasteiger charge is 2.43. The molecule has 102 valence electrons. The normalized spacial score (nSPS) is 23.3. The largest absolute Gasteiger partial charge is 0.269 e. The van der Waals surface area contributed by atoms with Gasteiger partial charge in [-0.3, -0.25) is 9.59 Å². The van der Waals surface area contributed by atoms with E-state index >= 15 is 0 Å². The quantitative estimate of drug-likeness (QED) is 0.739. The SMILES string of the molecule is O=C1C2=CC=CC3=CCC=C(C(=O)N1c1ccccc1)C32. The molecular formula is C18H13NO2. The summed E-state index contributed by atoms with van der Waals surface area (Å²) in [5.41, 5.74) is 3.07. The van der Waals surface area contributed by atoms with Crippen molar-refractivity contribution >= 4 is 17.5 Å². The Balaban J connectivity index is 1.88. The Hall–Kier alpha value is -2.68. The minimum absolute atomic E-state index is 0.177. The first-order valence-corrected chi connectivity index (χ1v) is 6.99. The third kappa shape index (κ3) is 1.67. The first-order chi connectivity index (χ1) is 10.3. The highest BCUT2D eigenvalue weighted by molar-refractivity contribution is 6.29. The molecule has 1 aromatic rings. The zero-order valence-electron chi connectivity index (χ0n) is 11.3. The van der Waals surface area contributed by atoms with Gasteiger partial charge in [0, 0.05) is 17.1 Å². The molecule has 1 heterocycles. The lowest BCUT2D eigenvalue weighted by Crippen LogP contribution is -2.48. The number of amides is 2. The molecule has 2 amide bonds. The topological polar surface area (TPSA) is 37.4 Å². The zero-order chi connectivity index (χ0) is 14.4. The molecule has 0 bridgehead atoms. The average molecular weight is 275 g/mol. The van der Waals surface area contributed by atoms with Gasteiger partial charge in [0.05, 0.1) is 5.69 Å². The van der Waals surface area contributed by atoms with Crippen molar-refractivity contribution in [1.82, 2.24) is 0 Å². The van der Waals surface area contributed by atoms with Crippen LogP contribution in [0.2, 0.25) is 0 Å². The summed E-state index contributed by atoms with van der Waals surface area (Å²) < 4.78 is 0. The van der Waals surface area contributed by atoms with Crippen LogP contribution in [0.4, 0.5) is 5.69 Å². The van der Waals surface area contributed by atoms with Gasteiger partial charge < -0.3 is 0 Å². The Labute approximate surface area is 122 Å². The number of anilines is 1. The van der Waals surface area contributed by atoms with Crippen molar-refractivity contribution in [2.24, 2.45) is 5.92 Å². The number of imide groups is 1. The standard InChI is InChI=1S/C18H13NO2/c20-17-14-10-4-6-12-7-5-11-15(16(12)14)18(21)19(17)13-8-2-1-3-9-13/h1-4,6-11,16H,5H2. The number of benzene rings is 1. The van der Waals surface area contributed by atoms with Gasteiger partial charge in [-0.2, -0.15) is 0 Å². The summed E-state index contributed by atoms with van der Waals surface area (Å²) in [5.74, 6) is -0.594. The van der Waals surface area contributed by atoms with Gasteiger partial charge in [0.25, 0.3) is 11.8 Å². The average Bonchev–Trinajstić information content (AvgIpc) is 2.54. The predicted octanol–water partition coefficient (Wildman–Crippen LogP) is 2.93. The number of piperidine rings is 1. The van der Waals surface area contributed by atoms with Crippen molar-refractivity contribution < 1.29 is 9.59 Å². The molecule has 2 aliphatic carbocycles. The van der Waals surface area contributed by atoms with E-state index in [-0.39, 0.29) is 17.7 Å². The van der Waals surface area contributed by atoms with E-state index in [4.69, 9.17) is 0 Å². The first-order valence-electron chi connectivity index (χ1n) is 6.99. The van der Waals surface area contributed by atoms with E-state index in [1.165, 1.54) is 4.90 Å². The molecule has 0 saturated carbocycles. The van der Waals surface area contributed by atoms with E-state index < -0.39 is 0 Å². The first kappa shape index (κ1) is 12.1. The maximum atomic E-state index is 12.8. The Morgan fingerprint density at radius 1 is 0.952 bits per heavy atom. The molecule has 1 atom stereocenters. The zero-order valence-corrected chi connectivity index (χ0v) is 11.3. The number of para-hydroxylation sites is 1. The van der Waals surface area contributed by atoms with Crippen molar-refractivity contribution in [3.63, 3.8) is 0 Å². The third-order valence-corrected chi connectivity index (χ3v) is 4.13. The van der Waals surface area contributed by atoms with Gasteiger partial charge in [-0.25, -0.2) is 4.90 Å². The monoisotopic (exact) mass is 275 g/mol. The van der Waals surface area contributed by atoms with Crippen LogP contribution in [0.5, 0.6) is 0 Å². The van der Waals surface area contributed by atoms with E-state index in [1.54, 1.807) is 12.1 Å². The number of allylic oxidation sites excluding steroid dienone is 6. The van der Waals surface area contributed by atoms with E-state index in [1.807, 2.05) is 42.5 Å². The summed E-state index contributed by atoms with van der Waals surface area (Å²) >= 11 is 0. The molecule has 1 aliphatic heterocycles. The molecule has 21 heavy (non-hydrogen) atoms. The summed E-state index contributed by atoms with van der Waals surface area (Å²) in [6.45, 7) is 0. The molecule has 0 spiro atoms. The summed E-state index contributed by atoms with van der Waals surface area (Å²) in [5, 5.41) is 0. The highest BCUT2D eigenvalue weighted by atomic mass is 16.2. The predicted molar refractivity (Wildman–Crippen MR) is 80.4 cm³/mol. The van der Waals surface area contributed by atoms with Gasteiger partial charge in [0.1, 0.15) is 0 Å². The van der Waals surface area contributed by atoms with Crippen LogP contribution in [0.1, 0.15) is 6.42 Å². The summed E-state index contributed by atoms with van der Waals surface area (Å²) in [7, 11) is 0. The van der Waals surface area contributed by atoms with E-state index in [9.17, 15) is 9.59 Å². The second kappa shape index (κ2) is 4.42. The van der Waals surface area contributed by atoms with Crippen LogP contribution in [-0.4, -0.2) is 11.8 Å².